The molecule has 1 aliphatic rings. The Kier molecular flexibility index (Phi) is 6.42. The van der Waals surface area contributed by atoms with Crippen molar-refractivity contribution in [2.24, 2.45) is 0 Å². The Labute approximate surface area is 156 Å². The second kappa shape index (κ2) is 8.97. The Bertz CT molecular complexity index is 708. The number of benzene rings is 2. The number of piperazine rings is 1. The Morgan fingerprint density at radius 3 is 2.35 bits per heavy atom. The molecule has 138 valence electrons. The molecule has 4 heteroatoms. The van der Waals surface area contributed by atoms with Crippen molar-refractivity contribution in [3.8, 4) is 0 Å². The van der Waals surface area contributed by atoms with Gasteiger partial charge in [-0.15, -0.1) is 0 Å². The van der Waals surface area contributed by atoms with Crippen molar-refractivity contribution in [3.05, 3.63) is 71.3 Å². The molecule has 2 aromatic carbocycles. The van der Waals surface area contributed by atoms with E-state index in [9.17, 15) is 4.79 Å². The van der Waals surface area contributed by atoms with Crippen LogP contribution in [-0.4, -0.2) is 38.1 Å². The Hall–Kier alpha value is -2.17. The fourth-order valence-corrected chi connectivity index (χ4v) is 3.74. The molecule has 1 fully saturated rings. The summed E-state index contributed by atoms with van der Waals surface area (Å²) in [7, 11) is 0. The maximum atomic E-state index is 12.5. The zero-order valence-electron chi connectivity index (χ0n) is 15.9. The van der Waals surface area contributed by atoms with Crippen LogP contribution in [0.5, 0.6) is 0 Å². The van der Waals surface area contributed by atoms with Gasteiger partial charge in [0.1, 0.15) is 32.7 Å². The number of hydrogen-bond donors (Lipinski definition) is 3. The Balaban J connectivity index is 1.45. The van der Waals surface area contributed by atoms with Crippen molar-refractivity contribution in [1.29, 1.82) is 0 Å². The molecular weight excluding hydrogens is 322 g/mol. The fraction of sp³-hybridized carbons (Fsp3) is 0.409. The molecule has 0 bridgehead atoms. The van der Waals surface area contributed by atoms with Crippen LogP contribution in [0.25, 0.3) is 0 Å². The number of amides is 1. The second-order valence-corrected chi connectivity index (χ2v) is 7.44. The molecule has 0 unspecified atom stereocenters. The highest BCUT2D eigenvalue weighted by atomic mass is 16.2. The van der Waals surface area contributed by atoms with E-state index in [1.165, 1.54) is 16.0 Å². The topological polar surface area (TPSA) is 38.0 Å². The van der Waals surface area contributed by atoms with Crippen LogP contribution in [0.4, 0.5) is 0 Å². The zero-order valence-corrected chi connectivity index (χ0v) is 15.9. The van der Waals surface area contributed by atoms with Gasteiger partial charge in [0.2, 0.25) is 0 Å². The highest BCUT2D eigenvalue weighted by Gasteiger charge is 2.30. The molecule has 0 aromatic heterocycles. The minimum Gasteiger partial charge on any atom is -0.347 e. The van der Waals surface area contributed by atoms with E-state index in [0.717, 1.165) is 38.3 Å². The molecule has 4 nitrogen and oxygen atoms in total. The van der Waals surface area contributed by atoms with Gasteiger partial charge in [-0.2, -0.15) is 0 Å². The van der Waals surface area contributed by atoms with Gasteiger partial charge in [0, 0.05) is 12.1 Å². The van der Waals surface area contributed by atoms with Crippen LogP contribution < -0.4 is 15.1 Å². The summed E-state index contributed by atoms with van der Waals surface area (Å²) < 4.78 is 0. The van der Waals surface area contributed by atoms with Crippen LogP contribution in [-0.2, 0) is 17.9 Å². The molecule has 1 aliphatic heterocycles. The van der Waals surface area contributed by atoms with E-state index >= 15 is 0 Å². The molecule has 3 rings (SSSR count). The van der Waals surface area contributed by atoms with Gasteiger partial charge in [-0.05, 0) is 25.0 Å². The first-order chi connectivity index (χ1) is 12.6. The third-order valence-electron chi connectivity index (χ3n) is 5.62. The van der Waals surface area contributed by atoms with Crippen molar-refractivity contribution in [1.82, 2.24) is 5.32 Å². The first kappa shape index (κ1) is 18.6. The van der Waals surface area contributed by atoms with Gasteiger partial charge < -0.3 is 15.1 Å². The number of nitrogens with one attached hydrogen (secondary N) is 3. The number of carbonyl (C=O) groups excluding carboxylic acids is 1. The number of aryl methyl sites for hydroxylation is 1. The van der Waals surface area contributed by atoms with E-state index in [1.54, 1.807) is 4.90 Å². The average molecular weight is 354 g/mol. The highest BCUT2D eigenvalue weighted by molar-refractivity contribution is 5.79. The minimum absolute atomic E-state index is 0.0127. The Morgan fingerprint density at radius 1 is 1.00 bits per heavy atom. The smallest absolute Gasteiger partial charge is 0.278 e. The van der Waals surface area contributed by atoms with Crippen LogP contribution in [0.1, 0.15) is 23.6 Å². The fourth-order valence-electron chi connectivity index (χ4n) is 3.74. The Morgan fingerprint density at radius 2 is 1.65 bits per heavy atom. The summed E-state index contributed by atoms with van der Waals surface area (Å²) in [6.45, 7) is 10.3. The monoisotopic (exact) mass is 353 g/mol. The molecule has 1 amide bonds. The van der Waals surface area contributed by atoms with Crippen molar-refractivity contribution < 1.29 is 14.6 Å². The number of carbonyl (C=O) groups is 1. The summed E-state index contributed by atoms with van der Waals surface area (Å²) in [4.78, 5) is 15.5. The van der Waals surface area contributed by atoms with E-state index in [2.05, 4.69) is 43.4 Å². The van der Waals surface area contributed by atoms with E-state index < -0.39 is 0 Å². The summed E-state index contributed by atoms with van der Waals surface area (Å²) in [5.74, 6) is 0.159. The second-order valence-electron chi connectivity index (χ2n) is 7.44. The van der Waals surface area contributed by atoms with Crippen LogP contribution in [0.3, 0.4) is 0 Å². The predicted octanol–water partition coefficient (Wildman–Crippen LogP) is -0.0167. The predicted molar refractivity (Wildman–Crippen MR) is 104 cm³/mol. The van der Waals surface area contributed by atoms with E-state index in [1.807, 2.05) is 30.3 Å². The first-order valence-corrected chi connectivity index (χ1v) is 9.68. The third kappa shape index (κ3) is 4.93. The summed E-state index contributed by atoms with van der Waals surface area (Å²) in [6.07, 6.45) is 0. The molecule has 26 heavy (non-hydrogen) atoms. The lowest BCUT2D eigenvalue weighted by Gasteiger charge is -2.32. The quantitative estimate of drug-likeness (QED) is 0.671. The van der Waals surface area contributed by atoms with E-state index in [0.29, 0.717) is 6.54 Å². The largest absolute Gasteiger partial charge is 0.347 e. The van der Waals surface area contributed by atoms with Crippen molar-refractivity contribution in [3.63, 3.8) is 0 Å². The molecule has 1 atom stereocenters. The van der Waals surface area contributed by atoms with Crippen LogP contribution in [0, 0.1) is 6.92 Å². The lowest BCUT2D eigenvalue weighted by Crippen LogP contribution is -3.29. The van der Waals surface area contributed by atoms with Gasteiger partial charge in [0.05, 0.1) is 0 Å². The molecule has 1 saturated heterocycles. The van der Waals surface area contributed by atoms with E-state index in [-0.39, 0.29) is 11.9 Å². The standard InChI is InChI=1S/C22H29N3O/c1-18-8-6-7-11-21(18)17-24-12-14-25(15-13-24)19(2)22(26)23-16-20-9-4-3-5-10-20/h3-11,19H,12-17H2,1-2H3,(H,23,26)/p+2/t19-/m1/s1. The summed E-state index contributed by atoms with van der Waals surface area (Å²) >= 11 is 0. The van der Waals surface area contributed by atoms with Gasteiger partial charge in [-0.1, -0.05) is 54.6 Å². The number of rotatable bonds is 6. The van der Waals surface area contributed by atoms with Crippen LogP contribution in [0.2, 0.25) is 0 Å². The molecule has 0 saturated carbocycles. The summed E-state index contributed by atoms with van der Waals surface area (Å²) in [6, 6.07) is 18.8. The normalized spacial score (nSPS) is 21.2. The van der Waals surface area contributed by atoms with E-state index in [4.69, 9.17) is 0 Å². The zero-order chi connectivity index (χ0) is 18.4. The minimum atomic E-state index is 0.0127. The lowest BCUT2D eigenvalue weighted by molar-refractivity contribution is -1.02. The molecule has 2 aromatic rings. The van der Waals surface area contributed by atoms with Gasteiger partial charge in [-0.25, -0.2) is 0 Å². The van der Waals surface area contributed by atoms with Crippen molar-refractivity contribution in [2.75, 3.05) is 26.2 Å². The number of hydrogen-bond acceptors (Lipinski definition) is 1. The van der Waals surface area contributed by atoms with Gasteiger partial charge in [0.15, 0.2) is 6.04 Å². The SMILES string of the molecule is Cc1ccccc1C[NH+]1CC[NH+]([C@H](C)C(=O)NCc2ccccc2)CC1. The third-order valence-corrected chi connectivity index (χ3v) is 5.62. The van der Waals surface area contributed by atoms with Crippen molar-refractivity contribution in [2.45, 2.75) is 33.0 Å². The molecule has 0 spiro atoms. The first-order valence-electron chi connectivity index (χ1n) is 9.68. The summed E-state index contributed by atoms with van der Waals surface area (Å²) in [5, 5.41) is 3.09. The van der Waals surface area contributed by atoms with Gasteiger partial charge in [0.25, 0.3) is 5.91 Å². The molecular formula is C22H31N3O+2. The van der Waals surface area contributed by atoms with Crippen molar-refractivity contribution >= 4 is 5.91 Å². The lowest BCUT2D eigenvalue weighted by atomic mass is 10.1. The van der Waals surface area contributed by atoms with Crippen LogP contribution in [0.15, 0.2) is 54.6 Å². The van der Waals surface area contributed by atoms with Gasteiger partial charge in [-0.3, -0.25) is 4.79 Å². The molecule has 1 heterocycles. The maximum absolute atomic E-state index is 12.5. The molecule has 0 radical (unpaired) electrons. The average Bonchev–Trinajstić information content (AvgIpc) is 2.69. The molecule has 0 aliphatic carbocycles. The summed E-state index contributed by atoms with van der Waals surface area (Å²) in [5.41, 5.74) is 3.97. The molecule has 3 N–H and O–H groups in total. The number of quaternary nitrogens is 2. The van der Waals surface area contributed by atoms with Gasteiger partial charge >= 0.3 is 0 Å². The van der Waals surface area contributed by atoms with Crippen LogP contribution >= 0.6 is 0 Å². The highest BCUT2D eigenvalue weighted by Crippen LogP contribution is 2.04. The maximum Gasteiger partial charge on any atom is 0.278 e.